The van der Waals surface area contributed by atoms with Crippen LogP contribution in [0.1, 0.15) is 12.5 Å². The first-order valence-corrected chi connectivity index (χ1v) is 7.26. The SMILES string of the molecule is CCS(=O)(=O)c1ccc(CN(C)CCO)cc1. The quantitative estimate of drug-likeness (QED) is 0.823. The van der Waals surface area contributed by atoms with Crippen LogP contribution in [0.4, 0.5) is 0 Å². The molecule has 0 saturated heterocycles. The molecule has 0 spiro atoms. The normalized spacial score (nSPS) is 12.0. The van der Waals surface area contributed by atoms with Crippen molar-refractivity contribution in [3.63, 3.8) is 0 Å². The summed E-state index contributed by atoms with van der Waals surface area (Å²) in [5, 5.41) is 8.78. The molecule has 17 heavy (non-hydrogen) atoms. The van der Waals surface area contributed by atoms with Gasteiger partial charge in [0.1, 0.15) is 0 Å². The molecule has 5 heteroatoms. The lowest BCUT2D eigenvalue weighted by molar-refractivity contribution is 0.217. The zero-order valence-corrected chi connectivity index (χ0v) is 11.1. The molecule has 1 aromatic carbocycles. The fraction of sp³-hybridized carbons (Fsp3) is 0.500. The maximum Gasteiger partial charge on any atom is 0.178 e. The molecule has 1 N–H and O–H groups in total. The third-order valence-electron chi connectivity index (χ3n) is 2.60. The lowest BCUT2D eigenvalue weighted by atomic mass is 10.2. The molecule has 0 aliphatic carbocycles. The van der Waals surface area contributed by atoms with Gasteiger partial charge in [0.2, 0.25) is 0 Å². The maximum atomic E-state index is 11.6. The Kier molecular flexibility index (Phi) is 5.11. The molecule has 96 valence electrons. The largest absolute Gasteiger partial charge is 0.395 e. The standard InChI is InChI=1S/C12H19NO3S/c1-3-17(15,16)12-6-4-11(5-7-12)10-13(2)8-9-14/h4-7,14H,3,8-10H2,1-2H3. The van der Waals surface area contributed by atoms with E-state index in [1.165, 1.54) is 0 Å². The van der Waals surface area contributed by atoms with Gasteiger partial charge in [-0.15, -0.1) is 0 Å². The van der Waals surface area contributed by atoms with E-state index in [2.05, 4.69) is 0 Å². The van der Waals surface area contributed by atoms with E-state index in [0.29, 0.717) is 18.0 Å². The third kappa shape index (κ3) is 4.11. The molecular formula is C12H19NO3S. The van der Waals surface area contributed by atoms with Gasteiger partial charge < -0.3 is 5.11 Å². The monoisotopic (exact) mass is 257 g/mol. The average Bonchev–Trinajstić information content (AvgIpc) is 2.30. The zero-order chi connectivity index (χ0) is 12.9. The molecular weight excluding hydrogens is 238 g/mol. The van der Waals surface area contributed by atoms with Crippen LogP contribution in [0.15, 0.2) is 29.2 Å². The predicted molar refractivity (Wildman–Crippen MR) is 67.6 cm³/mol. The number of benzene rings is 1. The molecule has 1 aromatic rings. The molecule has 0 aliphatic heterocycles. The van der Waals surface area contributed by atoms with Gasteiger partial charge in [-0.25, -0.2) is 8.42 Å². The van der Waals surface area contributed by atoms with Crippen molar-refractivity contribution in [2.75, 3.05) is 26.0 Å². The maximum absolute atomic E-state index is 11.6. The van der Waals surface area contributed by atoms with Crippen molar-refractivity contribution in [3.8, 4) is 0 Å². The molecule has 0 atom stereocenters. The van der Waals surface area contributed by atoms with Crippen LogP contribution in [0.2, 0.25) is 0 Å². The topological polar surface area (TPSA) is 57.6 Å². The summed E-state index contributed by atoms with van der Waals surface area (Å²) in [6.45, 7) is 3.07. The third-order valence-corrected chi connectivity index (χ3v) is 4.35. The Morgan fingerprint density at radius 2 is 1.82 bits per heavy atom. The summed E-state index contributed by atoms with van der Waals surface area (Å²) >= 11 is 0. The number of sulfone groups is 1. The van der Waals surface area contributed by atoms with E-state index in [9.17, 15) is 8.42 Å². The van der Waals surface area contributed by atoms with E-state index in [1.54, 1.807) is 19.1 Å². The van der Waals surface area contributed by atoms with Crippen molar-refractivity contribution in [1.82, 2.24) is 4.90 Å². The summed E-state index contributed by atoms with van der Waals surface area (Å²) in [5.41, 5.74) is 1.04. The lowest BCUT2D eigenvalue weighted by Gasteiger charge is -2.15. The molecule has 0 unspecified atom stereocenters. The van der Waals surface area contributed by atoms with Gasteiger partial charge in [-0.2, -0.15) is 0 Å². The zero-order valence-electron chi connectivity index (χ0n) is 10.3. The number of hydrogen-bond donors (Lipinski definition) is 1. The van der Waals surface area contributed by atoms with Crippen molar-refractivity contribution in [2.45, 2.75) is 18.4 Å². The number of hydrogen-bond acceptors (Lipinski definition) is 4. The van der Waals surface area contributed by atoms with Gasteiger partial charge in [0, 0.05) is 13.1 Å². The average molecular weight is 257 g/mol. The van der Waals surface area contributed by atoms with Gasteiger partial charge >= 0.3 is 0 Å². The van der Waals surface area contributed by atoms with Crippen LogP contribution in [0.25, 0.3) is 0 Å². The summed E-state index contributed by atoms with van der Waals surface area (Å²) < 4.78 is 23.2. The van der Waals surface area contributed by atoms with Crippen LogP contribution in [0.3, 0.4) is 0 Å². The second-order valence-electron chi connectivity index (χ2n) is 4.01. The molecule has 0 radical (unpaired) electrons. The summed E-state index contributed by atoms with van der Waals surface area (Å²) in [7, 11) is -1.20. The molecule has 0 fully saturated rings. The highest BCUT2D eigenvalue weighted by atomic mass is 32.2. The van der Waals surface area contributed by atoms with Crippen molar-refractivity contribution < 1.29 is 13.5 Å². The number of nitrogens with zero attached hydrogens (tertiary/aromatic N) is 1. The first-order chi connectivity index (χ1) is 7.99. The van der Waals surface area contributed by atoms with E-state index in [1.807, 2.05) is 24.1 Å². The number of aliphatic hydroxyl groups excluding tert-OH is 1. The van der Waals surface area contributed by atoms with Crippen LogP contribution in [0, 0.1) is 0 Å². The van der Waals surface area contributed by atoms with E-state index < -0.39 is 9.84 Å². The number of likely N-dealkylation sites (N-methyl/N-ethyl adjacent to an activating group) is 1. The first-order valence-electron chi connectivity index (χ1n) is 5.60. The van der Waals surface area contributed by atoms with Gasteiger partial charge in [-0.1, -0.05) is 19.1 Å². The fourth-order valence-electron chi connectivity index (χ4n) is 1.53. The Hall–Kier alpha value is -0.910. The lowest BCUT2D eigenvalue weighted by Crippen LogP contribution is -2.21. The Labute approximate surface area is 103 Å². The van der Waals surface area contributed by atoms with Crippen molar-refractivity contribution in [3.05, 3.63) is 29.8 Å². The smallest absolute Gasteiger partial charge is 0.178 e. The molecule has 0 aliphatic rings. The minimum atomic E-state index is -3.11. The van der Waals surface area contributed by atoms with Crippen LogP contribution < -0.4 is 0 Å². The highest BCUT2D eigenvalue weighted by Crippen LogP contribution is 2.13. The van der Waals surface area contributed by atoms with E-state index >= 15 is 0 Å². The van der Waals surface area contributed by atoms with Crippen LogP contribution in [-0.2, 0) is 16.4 Å². The minimum Gasteiger partial charge on any atom is -0.395 e. The van der Waals surface area contributed by atoms with E-state index in [0.717, 1.165) is 5.56 Å². The van der Waals surface area contributed by atoms with Gasteiger partial charge in [0.05, 0.1) is 17.3 Å². The summed E-state index contributed by atoms with van der Waals surface area (Å²) in [4.78, 5) is 2.34. The summed E-state index contributed by atoms with van der Waals surface area (Å²) in [5.74, 6) is 0.122. The molecule has 1 rings (SSSR count). The van der Waals surface area contributed by atoms with Crippen LogP contribution in [0.5, 0.6) is 0 Å². The Bertz CT molecular complexity index is 439. The highest BCUT2D eigenvalue weighted by Gasteiger charge is 2.10. The predicted octanol–water partition coefficient (Wildman–Crippen LogP) is 0.904. The van der Waals surface area contributed by atoms with E-state index in [4.69, 9.17) is 5.11 Å². The van der Waals surface area contributed by atoms with Crippen LogP contribution in [-0.4, -0.2) is 44.4 Å². The summed E-state index contributed by atoms with van der Waals surface area (Å²) in [6.07, 6.45) is 0. The van der Waals surface area contributed by atoms with Gasteiger partial charge in [0.15, 0.2) is 9.84 Å². The summed E-state index contributed by atoms with van der Waals surface area (Å²) in [6, 6.07) is 6.91. The Morgan fingerprint density at radius 3 is 2.29 bits per heavy atom. The highest BCUT2D eigenvalue weighted by molar-refractivity contribution is 7.91. The molecule has 0 aromatic heterocycles. The minimum absolute atomic E-state index is 0.122. The molecule has 0 amide bonds. The van der Waals surface area contributed by atoms with Gasteiger partial charge in [0.25, 0.3) is 0 Å². The Balaban J connectivity index is 2.75. The fourth-order valence-corrected chi connectivity index (χ4v) is 2.41. The van der Waals surface area contributed by atoms with E-state index in [-0.39, 0.29) is 12.4 Å². The van der Waals surface area contributed by atoms with Crippen molar-refractivity contribution in [1.29, 1.82) is 0 Å². The van der Waals surface area contributed by atoms with Crippen LogP contribution >= 0.6 is 0 Å². The van der Waals surface area contributed by atoms with Crippen molar-refractivity contribution >= 4 is 9.84 Å². The first kappa shape index (κ1) is 14.2. The van der Waals surface area contributed by atoms with Crippen molar-refractivity contribution in [2.24, 2.45) is 0 Å². The molecule has 4 nitrogen and oxygen atoms in total. The Morgan fingerprint density at radius 1 is 1.24 bits per heavy atom. The second kappa shape index (κ2) is 6.14. The number of rotatable bonds is 6. The molecule has 0 heterocycles. The van der Waals surface area contributed by atoms with Gasteiger partial charge in [-0.05, 0) is 24.7 Å². The number of aliphatic hydroxyl groups is 1. The molecule has 0 saturated carbocycles. The second-order valence-corrected chi connectivity index (χ2v) is 6.29. The molecule has 0 bridgehead atoms. The van der Waals surface area contributed by atoms with Gasteiger partial charge in [-0.3, -0.25) is 4.90 Å².